The smallest absolute Gasteiger partial charge is 0.339 e. The van der Waals surface area contributed by atoms with Gasteiger partial charge in [-0.25, -0.2) is 4.79 Å². The Balaban J connectivity index is 2.47. The summed E-state index contributed by atoms with van der Waals surface area (Å²) in [7, 11) is 0. The van der Waals surface area contributed by atoms with Crippen molar-refractivity contribution < 1.29 is 14.7 Å². The summed E-state index contributed by atoms with van der Waals surface area (Å²) >= 11 is 1.22. The zero-order valence-electron chi connectivity index (χ0n) is 11.3. The number of benzene rings is 1. The van der Waals surface area contributed by atoms with E-state index in [1.165, 1.54) is 23.8 Å². The Morgan fingerprint density at radius 3 is 2.40 bits per heavy atom. The van der Waals surface area contributed by atoms with E-state index in [4.69, 9.17) is 0 Å². The number of thiophene rings is 1. The summed E-state index contributed by atoms with van der Waals surface area (Å²) in [5.74, 6) is -1.31. The molecule has 0 aliphatic heterocycles. The van der Waals surface area contributed by atoms with Crippen molar-refractivity contribution in [2.45, 2.75) is 20.3 Å². The monoisotopic (exact) mass is 289 g/mol. The summed E-state index contributed by atoms with van der Waals surface area (Å²) < 4.78 is 0. The molecule has 0 saturated heterocycles. The van der Waals surface area contributed by atoms with Crippen LogP contribution in [0.3, 0.4) is 0 Å². The molecule has 0 unspecified atom stereocenters. The maximum atomic E-state index is 11.4. The van der Waals surface area contributed by atoms with E-state index in [1.807, 2.05) is 24.3 Å². The number of nitrogens with one attached hydrogen (secondary N) is 1. The highest BCUT2D eigenvalue weighted by molar-refractivity contribution is 7.15. The lowest BCUT2D eigenvalue weighted by Crippen LogP contribution is -2.08. The van der Waals surface area contributed by atoms with Crippen LogP contribution in [0.2, 0.25) is 0 Å². The largest absolute Gasteiger partial charge is 0.478 e. The first-order valence-electron chi connectivity index (χ1n) is 6.24. The predicted octanol–water partition coefficient (Wildman–Crippen LogP) is 3.63. The summed E-state index contributed by atoms with van der Waals surface area (Å²) in [6.45, 7) is 3.43. The van der Waals surface area contributed by atoms with Gasteiger partial charge in [0.15, 0.2) is 0 Å². The third-order valence-corrected chi connectivity index (χ3v) is 3.86. The Hall–Kier alpha value is -2.14. The molecule has 1 amide bonds. The SMILES string of the molecule is CCc1ccc(-c2csc(NC(C)=O)c2C(=O)O)cc1. The molecule has 2 aromatic rings. The van der Waals surface area contributed by atoms with E-state index in [9.17, 15) is 14.7 Å². The maximum absolute atomic E-state index is 11.4. The Labute approximate surface area is 121 Å². The second-order valence-corrected chi connectivity index (χ2v) is 5.27. The number of carboxylic acids is 1. The summed E-state index contributed by atoms with van der Waals surface area (Å²) in [6.07, 6.45) is 0.937. The molecule has 0 atom stereocenters. The number of aromatic carboxylic acids is 1. The molecule has 0 radical (unpaired) electrons. The molecule has 2 rings (SSSR count). The van der Waals surface area contributed by atoms with E-state index in [2.05, 4.69) is 12.2 Å². The van der Waals surface area contributed by atoms with Crippen LogP contribution in [0, 0.1) is 0 Å². The molecule has 104 valence electrons. The first-order valence-corrected chi connectivity index (χ1v) is 7.12. The average Bonchev–Trinajstić information content (AvgIpc) is 2.81. The van der Waals surface area contributed by atoms with Crippen molar-refractivity contribution in [2.24, 2.45) is 0 Å². The van der Waals surface area contributed by atoms with Crippen LogP contribution in [0.15, 0.2) is 29.6 Å². The van der Waals surface area contributed by atoms with Crippen LogP contribution in [0.1, 0.15) is 29.8 Å². The normalized spacial score (nSPS) is 10.3. The van der Waals surface area contributed by atoms with Crippen molar-refractivity contribution in [2.75, 3.05) is 5.32 Å². The molecule has 1 heterocycles. The van der Waals surface area contributed by atoms with Gasteiger partial charge in [0.1, 0.15) is 10.6 Å². The Kier molecular flexibility index (Phi) is 4.20. The number of hydrogen-bond acceptors (Lipinski definition) is 3. The first kappa shape index (κ1) is 14.3. The van der Waals surface area contributed by atoms with E-state index in [0.29, 0.717) is 10.6 Å². The van der Waals surface area contributed by atoms with Gasteiger partial charge in [0.05, 0.1) is 0 Å². The lowest BCUT2D eigenvalue weighted by molar-refractivity contribution is -0.114. The molecular weight excluding hydrogens is 274 g/mol. The Morgan fingerprint density at radius 2 is 1.90 bits per heavy atom. The van der Waals surface area contributed by atoms with Gasteiger partial charge in [0.25, 0.3) is 0 Å². The zero-order chi connectivity index (χ0) is 14.7. The Morgan fingerprint density at radius 1 is 1.25 bits per heavy atom. The van der Waals surface area contributed by atoms with Gasteiger partial charge in [0.2, 0.25) is 5.91 Å². The van der Waals surface area contributed by atoms with E-state index < -0.39 is 5.97 Å². The minimum Gasteiger partial charge on any atom is -0.478 e. The fourth-order valence-electron chi connectivity index (χ4n) is 1.95. The maximum Gasteiger partial charge on any atom is 0.339 e. The van der Waals surface area contributed by atoms with Crippen LogP contribution in [0.25, 0.3) is 11.1 Å². The van der Waals surface area contributed by atoms with Crippen LogP contribution < -0.4 is 5.32 Å². The molecule has 2 N–H and O–H groups in total. The molecule has 5 heteroatoms. The molecule has 0 spiro atoms. The van der Waals surface area contributed by atoms with Gasteiger partial charge >= 0.3 is 5.97 Å². The van der Waals surface area contributed by atoms with E-state index in [1.54, 1.807) is 5.38 Å². The van der Waals surface area contributed by atoms with Crippen LogP contribution in [0.4, 0.5) is 5.00 Å². The van der Waals surface area contributed by atoms with E-state index >= 15 is 0 Å². The van der Waals surface area contributed by atoms with Crippen molar-refractivity contribution >= 4 is 28.2 Å². The number of carbonyl (C=O) groups is 2. The second kappa shape index (κ2) is 5.88. The van der Waals surface area contributed by atoms with Crippen molar-refractivity contribution in [1.82, 2.24) is 0 Å². The molecule has 1 aromatic carbocycles. The third-order valence-electron chi connectivity index (χ3n) is 2.97. The second-order valence-electron chi connectivity index (χ2n) is 4.39. The van der Waals surface area contributed by atoms with Crippen molar-refractivity contribution in [3.05, 3.63) is 40.8 Å². The van der Waals surface area contributed by atoms with Gasteiger partial charge in [-0.2, -0.15) is 0 Å². The third kappa shape index (κ3) is 2.88. The van der Waals surface area contributed by atoms with E-state index in [-0.39, 0.29) is 11.5 Å². The minimum absolute atomic E-state index is 0.148. The summed E-state index contributed by atoms with van der Waals surface area (Å²) in [5, 5.41) is 14.1. The molecule has 0 aliphatic rings. The lowest BCUT2D eigenvalue weighted by atomic mass is 10.0. The molecule has 0 aliphatic carbocycles. The number of carboxylic acid groups (broad SMARTS) is 1. The summed E-state index contributed by atoms with van der Waals surface area (Å²) in [6, 6.07) is 7.78. The highest BCUT2D eigenvalue weighted by atomic mass is 32.1. The molecule has 0 bridgehead atoms. The molecule has 4 nitrogen and oxygen atoms in total. The zero-order valence-corrected chi connectivity index (χ0v) is 12.1. The first-order chi connectivity index (χ1) is 9.52. The number of aryl methyl sites for hydroxylation is 1. The van der Waals surface area contributed by atoms with Gasteiger partial charge in [-0.1, -0.05) is 31.2 Å². The van der Waals surface area contributed by atoms with Crippen molar-refractivity contribution in [3.63, 3.8) is 0 Å². The fourth-order valence-corrected chi connectivity index (χ4v) is 2.96. The average molecular weight is 289 g/mol. The van der Waals surface area contributed by atoms with Gasteiger partial charge < -0.3 is 10.4 Å². The summed E-state index contributed by atoms with van der Waals surface area (Å²) in [4.78, 5) is 22.6. The molecule has 20 heavy (non-hydrogen) atoms. The van der Waals surface area contributed by atoms with Crippen LogP contribution >= 0.6 is 11.3 Å². The van der Waals surface area contributed by atoms with Crippen LogP contribution in [-0.4, -0.2) is 17.0 Å². The highest BCUT2D eigenvalue weighted by Crippen LogP contribution is 2.35. The minimum atomic E-state index is -1.04. The Bertz CT molecular complexity index is 644. The number of amides is 1. The predicted molar refractivity (Wildman–Crippen MR) is 80.4 cm³/mol. The quantitative estimate of drug-likeness (QED) is 0.903. The van der Waals surface area contributed by atoms with E-state index in [0.717, 1.165) is 12.0 Å². The van der Waals surface area contributed by atoms with Gasteiger partial charge in [-0.05, 0) is 17.5 Å². The molecule has 1 aromatic heterocycles. The highest BCUT2D eigenvalue weighted by Gasteiger charge is 2.20. The number of rotatable bonds is 4. The van der Waals surface area contributed by atoms with Crippen LogP contribution in [0.5, 0.6) is 0 Å². The van der Waals surface area contributed by atoms with Crippen molar-refractivity contribution in [3.8, 4) is 11.1 Å². The number of anilines is 1. The standard InChI is InChI=1S/C15H15NO3S/c1-3-10-4-6-11(7-5-10)12-8-20-14(16-9(2)17)13(12)15(18)19/h4-8H,3H2,1-2H3,(H,16,17)(H,18,19). The molecule has 0 saturated carbocycles. The lowest BCUT2D eigenvalue weighted by Gasteiger charge is -2.05. The summed E-state index contributed by atoms with van der Waals surface area (Å²) in [5.41, 5.74) is 2.82. The van der Waals surface area contributed by atoms with Gasteiger partial charge in [0, 0.05) is 17.9 Å². The number of hydrogen-bond donors (Lipinski definition) is 2. The number of carbonyl (C=O) groups excluding carboxylic acids is 1. The van der Waals surface area contributed by atoms with Crippen molar-refractivity contribution in [1.29, 1.82) is 0 Å². The fraction of sp³-hybridized carbons (Fsp3) is 0.200. The van der Waals surface area contributed by atoms with Crippen LogP contribution in [-0.2, 0) is 11.2 Å². The molecule has 0 fully saturated rings. The molecular formula is C15H15NO3S. The van der Waals surface area contributed by atoms with Gasteiger partial charge in [-0.3, -0.25) is 4.79 Å². The topological polar surface area (TPSA) is 66.4 Å². The van der Waals surface area contributed by atoms with Gasteiger partial charge in [-0.15, -0.1) is 11.3 Å².